The van der Waals surface area contributed by atoms with Crippen molar-refractivity contribution in [2.75, 3.05) is 0 Å². The van der Waals surface area contributed by atoms with E-state index in [0.29, 0.717) is 5.69 Å². The molecule has 0 saturated heterocycles. The number of primary amides is 1. The maximum Gasteiger partial charge on any atom is 0.333 e. The Morgan fingerprint density at radius 2 is 1.90 bits per heavy atom. The number of aliphatic hydroxyl groups is 1. The number of amides is 2. The molecule has 8 nitrogen and oxygen atoms in total. The van der Waals surface area contributed by atoms with Crippen molar-refractivity contribution < 1.29 is 14.7 Å². The number of carbonyl (C=O) groups excluding carboxylic acids is 2. The van der Waals surface area contributed by atoms with E-state index in [0.717, 1.165) is 38.5 Å². The monoisotopic (exact) mass is 420 g/mol. The Hall–Kier alpha value is -2.58. The lowest BCUT2D eigenvalue weighted by molar-refractivity contribution is -0.118. The summed E-state index contributed by atoms with van der Waals surface area (Å²) in [6, 6.07) is 4.59. The Bertz CT molecular complexity index is 944. The van der Waals surface area contributed by atoms with Gasteiger partial charge >= 0.3 is 5.69 Å². The van der Waals surface area contributed by atoms with E-state index in [-0.39, 0.29) is 23.0 Å². The molecule has 1 aliphatic rings. The van der Waals surface area contributed by atoms with Crippen LogP contribution in [0.3, 0.4) is 0 Å². The number of nitrogens with two attached hydrogens (primary N) is 1. The molecule has 1 saturated carbocycles. The number of aliphatic hydroxyl groups excluding tert-OH is 1. The topological polar surface area (TPSA) is 119 Å². The second kappa shape index (κ2) is 9.28. The highest BCUT2D eigenvalue weighted by Crippen LogP contribution is 2.25. The molecule has 0 radical (unpaired) electrons. The average molecular weight is 421 g/mol. The smallest absolute Gasteiger partial charge is 0.333 e. The molecule has 1 unspecified atom stereocenters. The third-order valence-electron chi connectivity index (χ3n) is 5.27. The van der Waals surface area contributed by atoms with Crippen LogP contribution in [-0.2, 0) is 11.3 Å². The minimum atomic E-state index is -0.945. The van der Waals surface area contributed by atoms with E-state index in [1.807, 2.05) is 0 Å². The van der Waals surface area contributed by atoms with E-state index in [1.54, 1.807) is 6.07 Å². The number of hydrogen-bond acceptors (Lipinski definition) is 4. The summed E-state index contributed by atoms with van der Waals surface area (Å²) < 4.78 is 2.46. The Balaban J connectivity index is 1.80. The Morgan fingerprint density at radius 1 is 1.21 bits per heavy atom. The first-order chi connectivity index (χ1) is 13.9. The van der Waals surface area contributed by atoms with Crippen molar-refractivity contribution >= 4 is 23.4 Å². The summed E-state index contributed by atoms with van der Waals surface area (Å²) in [6.07, 6.45) is 8.10. The van der Waals surface area contributed by atoms with E-state index >= 15 is 0 Å². The number of rotatable bonds is 6. The number of hydrogen-bond donors (Lipinski definition) is 3. The molecule has 1 heterocycles. The SMILES string of the molecule is NC(=O)Cn1ccn(-c2ccc(Cl)c(C(=O)NC(O)C3CCCCCC3)c2)c1=O. The standard InChI is InChI=1S/C20H25ClN4O4/c21-16-8-7-14(25-10-9-24(20(25)29)12-17(22)26)11-15(16)19(28)23-18(27)13-5-3-1-2-4-6-13/h7-11,13,18,27H,1-6,12H2,(H2,22,26)(H,23,28). The number of halogens is 1. The summed E-state index contributed by atoms with van der Waals surface area (Å²) >= 11 is 6.19. The molecule has 9 heteroatoms. The normalized spacial score (nSPS) is 16.2. The van der Waals surface area contributed by atoms with E-state index in [1.165, 1.54) is 33.7 Å². The lowest BCUT2D eigenvalue weighted by Crippen LogP contribution is -2.40. The van der Waals surface area contributed by atoms with Crippen LogP contribution in [0.25, 0.3) is 5.69 Å². The van der Waals surface area contributed by atoms with Gasteiger partial charge in [-0.1, -0.05) is 37.3 Å². The van der Waals surface area contributed by atoms with E-state index in [9.17, 15) is 19.5 Å². The molecule has 4 N–H and O–H groups in total. The maximum atomic E-state index is 12.7. The average Bonchev–Trinajstić information content (AvgIpc) is 2.88. The van der Waals surface area contributed by atoms with Gasteiger partial charge in [0.2, 0.25) is 5.91 Å². The van der Waals surface area contributed by atoms with Crippen LogP contribution >= 0.6 is 11.6 Å². The van der Waals surface area contributed by atoms with Crippen molar-refractivity contribution in [2.45, 2.75) is 51.3 Å². The molecule has 0 aliphatic heterocycles. The van der Waals surface area contributed by atoms with Gasteiger partial charge in [0.15, 0.2) is 0 Å². The second-order valence-corrected chi connectivity index (χ2v) is 7.79. The van der Waals surface area contributed by atoms with Gasteiger partial charge in [0, 0.05) is 18.3 Å². The van der Waals surface area contributed by atoms with Gasteiger partial charge in [-0.15, -0.1) is 0 Å². The van der Waals surface area contributed by atoms with Crippen LogP contribution in [0.1, 0.15) is 48.9 Å². The number of aromatic nitrogens is 2. The fourth-order valence-electron chi connectivity index (χ4n) is 3.69. The van der Waals surface area contributed by atoms with Gasteiger partial charge in [-0.2, -0.15) is 0 Å². The second-order valence-electron chi connectivity index (χ2n) is 7.38. The van der Waals surface area contributed by atoms with Crippen LogP contribution in [0.5, 0.6) is 0 Å². The predicted octanol–water partition coefficient (Wildman–Crippen LogP) is 1.80. The van der Waals surface area contributed by atoms with Gasteiger partial charge in [0.1, 0.15) is 12.8 Å². The van der Waals surface area contributed by atoms with E-state index < -0.39 is 23.7 Å². The van der Waals surface area contributed by atoms with Crippen molar-refractivity contribution in [2.24, 2.45) is 11.7 Å². The number of carbonyl (C=O) groups is 2. The van der Waals surface area contributed by atoms with Gasteiger partial charge in [-0.25, -0.2) is 4.79 Å². The molecule has 3 rings (SSSR count). The molecular weight excluding hydrogens is 396 g/mol. The molecule has 0 bridgehead atoms. The first-order valence-corrected chi connectivity index (χ1v) is 10.1. The van der Waals surface area contributed by atoms with Crippen LogP contribution in [0.4, 0.5) is 0 Å². The van der Waals surface area contributed by atoms with Crippen molar-refractivity contribution in [1.82, 2.24) is 14.5 Å². The van der Waals surface area contributed by atoms with Crippen LogP contribution in [0.2, 0.25) is 5.02 Å². The molecule has 2 amide bonds. The largest absolute Gasteiger partial charge is 0.373 e. The van der Waals surface area contributed by atoms with Crippen LogP contribution in [-0.4, -0.2) is 32.3 Å². The molecule has 0 spiro atoms. The van der Waals surface area contributed by atoms with Gasteiger partial charge in [0.05, 0.1) is 16.3 Å². The summed E-state index contributed by atoms with van der Waals surface area (Å²) in [5, 5.41) is 13.3. The molecule has 1 aliphatic carbocycles. The quantitative estimate of drug-likeness (QED) is 0.487. The lowest BCUT2D eigenvalue weighted by atomic mass is 9.98. The molecule has 29 heavy (non-hydrogen) atoms. The summed E-state index contributed by atoms with van der Waals surface area (Å²) in [5.41, 5.74) is 5.25. The molecule has 2 aromatic rings. The first kappa shape index (κ1) is 21.1. The van der Waals surface area contributed by atoms with Gasteiger partial charge < -0.3 is 16.2 Å². The summed E-state index contributed by atoms with van der Waals surface area (Å²) in [4.78, 5) is 36.2. The lowest BCUT2D eigenvalue weighted by Gasteiger charge is -2.22. The highest BCUT2D eigenvalue weighted by molar-refractivity contribution is 6.33. The third-order valence-corrected chi connectivity index (χ3v) is 5.60. The zero-order valence-corrected chi connectivity index (χ0v) is 16.8. The van der Waals surface area contributed by atoms with Gasteiger partial charge in [-0.3, -0.25) is 18.7 Å². The first-order valence-electron chi connectivity index (χ1n) is 9.72. The number of benzene rings is 1. The van der Waals surface area contributed by atoms with Crippen LogP contribution < -0.4 is 16.7 Å². The highest BCUT2D eigenvalue weighted by Gasteiger charge is 2.24. The molecule has 1 atom stereocenters. The number of nitrogens with zero attached hydrogens (tertiary/aromatic N) is 2. The summed E-state index contributed by atoms with van der Waals surface area (Å²) in [6.45, 7) is -0.236. The highest BCUT2D eigenvalue weighted by atomic mass is 35.5. The molecular formula is C20H25ClN4O4. The molecule has 156 valence electrons. The fraction of sp³-hybridized carbons (Fsp3) is 0.450. The Morgan fingerprint density at radius 3 is 2.55 bits per heavy atom. The number of imidazole rings is 1. The molecule has 1 aromatic heterocycles. The summed E-state index contributed by atoms with van der Waals surface area (Å²) in [5.74, 6) is -1.11. The zero-order valence-electron chi connectivity index (χ0n) is 16.0. The van der Waals surface area contributed by atoms with Crippen LogP contribution in [0, 0.1) is 5.92 Å². The predicted molar refractivity (Wildman–Crippen MR) is 109 cm³/mol. The maximum absolute atomic E-state index is 12.7. The number of nitrogens with one attached hydrogen (secondary N) is 1. The summed E-state index contributed by atoms with van der Waals surface area (Å²) in [7, 11) is 0. The minimum absolute atomic E-state index is 0.0221. The van der Waals surface area contributed by atoms with Gasteiger partial charge in [-0.05, 0) is 31.0 Å². The van der Waals surface area contributed by atoms with Crippen LogP contribution in [0.15, 0.2) is 35.4 Å². The van der Waals surface area contributed by atoms with Crippen molar-refractivity contribution in [3.63, 3.8) is 0 Å². The Kier molecular flexibility index (Phi) is 6.76. The van der Waals surface area contributed by atoms with E-state index in [2.05, 4.69) is 5.32 Å². The molecule has 1 fully saturated rings. The van der Waals surface area contributed by atoms with Crippen molar-refractivity contribution in [3.05, 3.63) is 51.7 Å². The zero-order chi connectivity index (χ0) is 21.0. The Labute approximate surface area is 173 Å². The van der Waals surface area contributed by atoms with Gasteiger partial charge in [0.25, 0.3) is 5.91 Å². The fourth-order valence-corrected chi connectivity index (χ4v) is 3.89. The minimum Gasteiger partial charge on any atom is -0.373 e. The van der Waals surface area contributed by atoms with Crippen molar-refractivity contribution in [3.8, 4) is 5.69 Å². The molecule has 1 aromatic carbocycles. The van der Waals surface area contributed by atoms with E-state index in [4.69, 9.17) is 17.3 Å². The van der Waals surface area contributed by atoms with Crippen molar-refractivity contribution in [1.29, 1.82) is 0 Å². The third kappa shape index (κ3) is 5.07.